The van der Waals surface area contributed by atoms with Crippen molar-refractivity contribution < 1.29 is 14.9 Å². The quantitative estimate of drug-likeness (QED) is 0.569. The van der Waals surface area contributed by atoms with Crippen molar-refractivity contribution in [2.75, 3.05) is 24.5 Å². The van der Waals surface area contributed by atoms with Crippen LogP contribution >= 0.6 is 0 Å². The van der Waals surface area contributed by atoms with E-state index in [0.717, 1.165) is 56.4 Å². The van der Waals surface area contributed by atoms with Crippen LogP contribution in [0.1, 0.15) is 35.1 Å². The fraction of sp³-hybridized carbons (Fsp3) is 0.438. The van der Waals surface area contributed by atoms with Gasteiger partial charge in [-0.3, -0.25) is 4.90 Å². The van der Waals surface area contributed by atoms with E-state index in [2.05, 4.69) is 71.3 Å². The molecule has 5 nitrogen and oxygen atoms in total. The second-order valence-corrected chi connectivity index (χ2v) is 11.9. The summed E-state index contributed by atoms with van der Waals surface area (Å²) < 4.78 is 6.80. The molecule has 0 radical (unpaired) electrons. The number of phenolic OH excluding ortho intramolecular Hbond substituents is 1. The van der Waals surface area contributed by atoms with Gasteiger partial charge in [0.1, 0.15) is 6.10 Å². The molecule has 5 heteroatoms. The summed E-state index contributed by atoms with van der Waals surface area (Å²) in [6.45, 7) is 5.03. The Balaban J connectivity index is 1.18. The third-order valence-corrected chi connectivity index (χ3v) is 10.5. The molecule has 3 aromatic carbocycles. The minimum atomic E-state index is -0.850. The maximum Gasteiger partial charge on any atom is 0.165 e. The van der Waals surface area contributed by atoms with Gasteiger partial charge in [0.25, 0.3) is 0 Å². The second kappa shape index (κ2) is 7.52. The van der Waals surface area contributed by atoms with Gasteiger partial charge in [-0.25, -0.2) is 0 Å². The first-order chi connectivity index (χ1) is 18.0. The van der Waals surface area contributed by atoms with E-state index in [0.29, 0.717) is 11.7 Å². The van der Waals surface area contributed by atoms with E-state index < -0.39 is 11.0 Å². The minimum absolute atomic E-state index is 0.154. The lowest BCUT2D eigenvalue weighted by atomic mass is 9.35. The van der Waals surface area contributed by atoms with Crippen molar-refractivity contribution in [3.63, 3.8) is 0 Å². The van der Waals surface area contributed by atoms with E-state index >= 15 is 0 Å². The van der Waals surface area contributed by atoms with Crippen molar-refractivity contribution in [2.45, 2.75) is 61.8 Å². The summed E-state index contributed by atoms with van der Waals surface area (Å²) in [6.07, 6.45) is 3.52. The number of piperidine rings is 1. The first-order valence-electron chi connectivity index (χ1n) is 13.9. The Morgan fingerprint density at radius 3 is 2.70 bits per heavy atom. The van der Waals surface area contributed by atoms with Crippen LogP contribution in [0.2, 0.25) is 0 Å². The van der Waals surface area contributed by atoms with E-state index in [1.165, 1.54) is 16.8 Å². The van der Waals surface area contributed by atoms with Crippen LogP contribution in [0.5, 0.6) is 11.5 Å². The number of benzene rings is 3. The number of fused-ring (bicyclic) bond motifs is 4. The fourth-order valence-electron chi connectivity index (χ4n) is 9.04. The van der Waals surface area contributed by atoms with Crippen LogP contribution < -0.4 is 9.64 Å². The molecule has 6 atom stereocenters. The zero-order valence-electron chi connectivity index (χ0n) is 21.3. The molecule has 0 bridgehead atoms. The highest BCUT2D eigenvalue weighted by Crippen LogP contribution is 2.73. The second-order valence-electron chi connectivity index (χ2n) is 11.9. The van der Waals surface area contributed by atoms with Crippen LogP contribution in [-0.4, -0.2) is 58.5 Å². The lowest BCUT2D eigenvalue weighted by Crippen LogP contribution is -2.92. The molecule has 3 aliphatic heterocycles. The molecule has 1 unspecified atom stereocenters. The number of nitrogens with zero attached hydrogens (tertiary/aromatic N) is 2. The molecule has 2 N–H and O–H groups in total. The van der Waals surface area contributed by atoms with Gasteiger partial charge in [-0.05, 0) is 61.4 Å². The Morgan fingerprint density at radius 1 is 1.03 bits per heavy atom. The Kier molecular flexibility index (Phi) is 4.47. The van der Waals surface area contributed by atoms with Crippen LogP contribution in [0.4, 0.5) is 5.69 Å². The van der Waals surface area contributed by atoms with Gasteiger partial charge < -0.3 is 19.8 Å². The van der Waals surface area contributed by atoms with Crippen molar-refractivity contribution in [3.05, 3.63) is 89.0 Å². The van der Waals surface area contributed by atoms with Crippen molar-refractivity contribution in [2.24, 2.45) is 5.92 Å². The van der Waals surface area contributed by atoms with Gasteiger partial charge >= 0.3 is 0 Å². The third kappa shape index (κ3) is 2.62. The summed E-state index contributed by atoms with van der Waals surface area (Å²) in [5, 5.41) is 23.6. The lowest BCUT2D eigenvalue weighted by Gasteiger charge is -2.78. The standard InChI is InChI=1S/C32H34N2O3/c1-20-11-12-26(35)28-27(20)32-23-19-33(17-14-21-7-3-2-4-8-21)29(23)31(32,36)16-13-25(30(32)37-28)34-18-15-22-9-5-6-10-24(22)34/h2-12,23,25,29-30,35-36H,13-19H2,1H3/t23?,25-,29-,30+,31-,32+/m1/s1. The normalized spacial score (nSPS) is 34.8. The predicted molar refractivity (Wildman–Crippen MR) is 143 cm³/mol. The van der Waals surface area contributed by atoms with E-state index in [-0.39, 0.29) is 23.9 Å². The molecular weight excluding hydrogens is 460 g/mol. The number of hydrogen-bond acceptors (Lipinski definition) is 5. The zero-order chi connectivity index (χ0) is 24.9. The van der Waals surface area contributed by atoms with Crippen molar-refractivity contribution in [1.29, 1.82) is 0 Å². The maximum absolute atomic E-state index is 12.6. The zero-order valence-corrected chi connectivity index (χ0v) is 21.3. The Bertz CT molecular complexity index is 1390. The van der Waals surface area contributed by atoms with E-state index in [1.807, 2.05) is 6.07 Å². The number of aromatic hydroxyl groups is 1. The van der Waals surface area contributed by atoms with Gasteiger partial charge in [-0.2, -0.15) is 0 Å². The summed E-state index contributed by atoms with van der Waals surface area (Å²) in [5.74, 6) is 1.15. The van der Waals surface area contributed by atoms with Gasteiger partial charge in [0.05, 0.1) is 17.1 Å². The number of aliphatic hydroxyl groups is 1. The number of hydrogen-bond donors (Lipinski definition) is 2. The van der Waals surface area contributed by atoms with Gasteiger partial charge in [-0.1, -0.05) is 54.6 Å². The van der Waals surface area contributed by atoms with Crippen LogP contribution in [0.3, 0.4) is 0 Å². The van der Waals surface area contributed by atoms with Crippen LogP contribution in [0.15, 0.2) is 66.7 Å². The molecule has 8 rings (SSSR count). The topological polar surface area (TPSA) is 56.2 Å². The van der Waals surface area contributed by atoms with E-state index in [4.69, 9.17) is 4.74 Å². The molecule has 3 fully saturated rings. The number of anilines is 1. The van der Waals surface area contributed by atoms with Crippen LogP contribution in [-0.2, 0) is 18.3 Å². The molecule has 1 saturated heterocycles. The molecule has 5 aliphatic rings. The molecule has 2 aliphatic carbocycles. The minimum Gasteiger partial charge on any atom is -0.504 e. The number of rotatable bonds is 4. The molecule has 3 aromatic rings. The lowest BCUT2D eigenvalue weighted by molar-refractivity contribution is -0.316. The molecule has 37 heavy (non-hydrogen) atoms. The predicted octanol–water partition coefficient (Wildman–Crippen LogP) is 4.21. The molecular formula is C32H34N2O3. The number of phenols is 1. The summed E-state index contributed by atoms with van der Waals surface area (Å²) in [4.78, 5) is 5.04. The molecule has 3 heterocycles. The fourth-order valence-corrected chi connectivity index (χ4v) is 9.04. The molecule has 1 spiro atoms. The first kappa shape index (κ1) is 22.0. The largest absolute Gasteiger partial charge is 0.504 e. The summed E-state index contributed by atoms with van der Waals surface area (Å²) in [7, 11) is 0. The van der Waals surface area contributed by atoms with E-state index in [1.54, 1.807) is 6.07 Å². The van der Waals surface area contributed by atoms with Crippen molar-refractivity contribution in [1.82, 2.24) is 4.90 Å². The van der Waals surface area contributed by atoms with Crippen molar-refractivity contribution in [3.8, 4) is 11.5 Å². The third-order valence-electron chi connectivity index (χ3n) is 10.5. The molecule has 0 amide bonds. The highest BCUT2D eigenvalue weighted by atomic mass is 16.5. The SMILES string of the molecule is Cc1ccc(O)c2c1[C@]13C4CN(CCc5ccccc5)[C@H]4[C@]1(O)CC[C@@H](N1CCc4ccccc41)[C@@H]3O2. The van der Waals surface area contributed by atoms with E-state index in [9.17, 15) is 10.2 Å². The Morgan fingerprint density at radius 2 is 1.84 bits per heavy atom. The van der Waals surface area contributed by atoms with Crippen molar-refractivity contribution >= 4 is 5.69 Å². The first-order valence-corrected chi connectivity index (χ1v) is 13.9. The summed E-state index contributed by atoms with van der Waals surface area (Å²) in [6, 6.07) is 23.5. The monoisotopic (exact) mass is 494 g/mol. The number of para-hydroxylation sites is 1. The Labute approximate surface area is 218 Å². The molecule has 190 valence electrons. The highest BCUT2D eigenvalue weighted by Gasteiger charge is 2.85. The summed E-state index contributed by atoms with van der Waals surface area (Å²) >= 11 is 0. The Hall–Kier alpha value is -3.02. The number of ether oxygens (including phenoxy) is 1. The average molecular weight is 495 g/mol. The summed E-state index contributed by atoms with van der Waals surface area (Å²) in [5.41, 5.74) is 4.92. The number of aryl methyl sites for hydroxylation is 1. The number of likely N-dealkylation sites (tertiary alicyclic amines) is 1. The molecule has 2 saturated carbocycles. The average Bonchev–Trinajstić information content (AvgIpc) is 3.49. The van der Waals surface area contributed by atoms with Gasteiger partial charge in [-0.15, -0.1) is 0 Å². The van der Waals surface area contributed by atoms with Gasteiger partial charge in [0, 0.05) is 42.8 Å². The van der Waals surface area contributed by atoms with Crippen LogP contribution in [0, 0.1) is 12.8 Å². The molecule has 0 aromatic heterocycles. The van der Waals surface area contributed by atoms with Crippen LogP contribution in [0.25, 0.3) is 0 Å². The highest BCUT2D eigenvalue weighted by molar-refractivity contribution is 5.66. The van der Waals surface area contributed by atoms with Gasteiger partial charge in [0.15, 0.2) is 11.5 Å². The van der Waals surface area contributed by atoms with Gasteiger partial charge in [0.2, 0.25) is 0 Å². The maximum atomic E-state index is 12.6. The smallest absolute Gasteiger partial charge is 0.165 e.